The normalized spacial score (nSPS) is 31.1. The minimum absolute atomic E-state index is 0.0130. The van der Waals surface area contributed by atoms with Crippen molar-refractivity contribution in [3.63, 3.8) is 0 Å². The van der Waals surface area contributed by atoms with Gasteiger partial charge in [-0.2, -0.15) is 0 Å². The van der Waals surface area contributed by atoms with Gasteiger partial charge in [-0.3, -0.25) is 4.90 Å². The molecule has 3 rings (SSSR count). The largest absolute Gasteiger partial charge is 0.305 e. The summed E-state index contributed by atoms with van der Waals surface area (Å²) < 4.78 is 14.1. The Hall–Kier alpha value is -0.930. The summed E-state index contributed by atoms with van der Waals surface area (Å²) in [6.45, 7) is 4.45. The van der Waals surface area contributed by atoms with Crippen molar-refractivity contribution in [3.05, 3.63) is 35.1 Å². The standard InChI is InChI=1S/C16H23FN2/c1-11-9-19(10-15(11)18(2)3)14-8-7-12-5-4-6-13(17)16(12)14/h4-6,11,14-15H,7-10H2,1-3H3/t11-,14+,15-/m1/s1. The Kier molecular flexibility index (Phi) is 3.35. The zero-order chi connectivity index (χ0) is 13.6. The second kappa shape index (κ2) is 4.88. The van der Waals surface area contributed by atoms with Gasteiger partial charge in [-0.1, -0.05) is 19.1 Å². The summed E-state index contributed by atoms with van der Waals surface area (Å²) in [4.78, 5) is 4.80. The van der Waals surface area contributed by atoms with E-state index in [1.165, 1.54) is 5.56 Å². The first-order chi connectivity index (χ1) is 9.08. The lowest BCUT2D eigenvalue weighted by Crippen LogP contribution is -2.35. The highest BCUT2D eigenvalue weighted by Gasteiger charge is 2.38. The average Bonchev–Trinajstić information content (AvgIpc) is 2.93. The Morgan fingerprint density at radius 3 is 2.74 bits per heavy atom. The molecule has 0 bridgehead atoms. The second-order valence-corrected chi connectivity index (χ2v) is 6.33. The van der Waals surface area contributed by atoms with Crippen LogP contribution in [-0.4, -0.2) is 43.0 Å². The van der Waals surface area contributed by atoms with E-state index in [9.17, 15) is 4.39 Å². The van der Waals surface area contributed by atoms with Gasteiger partial charge >= 0.3 is 0 Å². The van der Waals surface area contributed by atoms with Gasteiger partial charge in [-0.25, -0.2) is 4.39 Å². The van der Waals surface area contributed by atoms with E-state index in [2.05, 4.69) is 36.9 Å². The summed E-state index contributed by atoms with van der Waals surface area (Å²) in [6.07, 6.45) is 2.10. The van der Waals surface area contributed by atoms with Crippen molar-refractivity contribution in [1.29, 1.82) is 0 Å². The fourth-order valence-electron chi connectivity index (χ4n) is 3.89. The second-order valence-electron chi connectivity index (χ2n) is 6.33. The van der Waals surface area contributed by atoms with Gasteiger partial charge in [0, 0.05) is 30.7 Å². The molecule has 104 valence electrons. The van der Waals surface area contributed by atoms with Gasteiger partial charge in [0.25, 0.3) is 0 Å². The number of nitrogens with zero attached hydrogens (tertiary/aromatic N) is 2. The van der Waals surface area contributed by atoms with E-state index in [4.69, 9.17) is 0 Å². The zero-order valence-electron chi connectivity index (χ0n) is 12.1. The molecule has 3 atom stereocenters. The van der Waals surface area contributed by atoms with Crippen LogP contribution in [0.15, 0.2) is 18.2 Å². The van der Waals surface area contributed by atoms with Crippen LogP contribution in [0.2, 0.25) is 0 Å². The molecule has 0 radical (unpaired) electrons. The summed E-state index contributed by atoms with van der Waals surface area (Å²) in [7, 11) is 4.29. The molecule has 1 saturated heterocycles. The first-order valence-corrected chi connectivity index (χ1v) is 7.25. The van der Waals surface area contributed by atoms with E-state index in [1.807, 2.05) is 6.07 Å². The summed E-state index contributed by atoms with van der Waals surface area (Å²) >= 11 is 0. The number of hydrogen-bond acceptors (Lipinski definition) is 2. The molecule has 1 aromatic rings. The molecule has 1 aliphatic heterocycles. The van der Waals surface area contributed by atoms with Crippen LogP contribution in [-0.2, 0) is 6.42 Å². The molecule has 2 nitrogen and oxygen atoms in total. The van der Waals surface area contributed by atoms with Crippen LogP contribution < -0.4 is 0 Å². The highest BCUT2D eigenvalue weighted by Crippen LogP contribution is 2.40. The van der Waals surface area contributed by atoms with Gasteiger partial charge < -0.3 is 4.90 Å². The van der Waals surface area contributed by atoms with Crippen LogP contribution in [0.1, 0.15) is 30.5 Å². The molecule has 0 saturated carbocycles. The highest BCUT2D eigenvalue weighted by atomic mass is 19.1. The topological polar surface area (TPSA) is 6.48 Å². The van der Waals surface area contributed by atoms with E-state index in [0.29, 0.717) is 18.0 Å². The minimum Gasteiger partial charge on any atom is -0.305 e. The number of aryl methyl sites for hydroxylation is 1. The third kappa shape index (κ3) is 2.19. The van der Waals surface area contributed by atoms with Crippen LogP contribution in [0.4, 0.5) is 4.39 Å². The lowest BCUT2D eigenvalue weighted by molar-refractivity contribution is 0.213. The molecule has 19 heavy (non-hydrogen) atoms. The molecule has 0 spiro atoms. The van der Waals surface area contributed by atoms with E-state index in [-0.39, 0.29) is 5.82 Å². The number of likely N-dealkylation sites (tertiary alicyclic amines) is 1. The molecule has 1 aromatic carbocycles. The van der Waals surface area contributed by atoms with Crippen LogP contribution >= 0.6 is 0 Å². The Labute approximate surface area is 115 Å². The lowest BCUT2D eigenvalue weighted by Gasteiger charge is -2.26. The van der Waals surface area contributed by atoms with E-state index >= 15 is 0 Å². The number of rotatable bonds is 2. The van der Waals surface area contributed by atoms with Crippen molar-refractivity contribution in [2.45, 2.75) is 31.8 Å². The number of benzene rings is 1. The Bertz CT molecular complexity index is 472. The summed E-state index contributed by atoms with van der Waals surface area (Å²) in [5.74, 6) is 0.645. The van der Waals surface area contributed by atoms with Crippen LogP contribution in [0.25, 0.3) is 0 Å². The molecule has 1 aliphatic carbocycles. The number of halogens is 1. The van der Waals surface area contributed by atoms with Gasteiger partial charge in [-0.05, 0) is 44.5 Å². The fraction of sp³-hybridized carbons (Fsp3) is 0.625. The predicted molar refractivity (Wildman–Crippen MR) is 75.7 cm³/mol. The maximum absolute atomic E-state index is 14.1. The van der Waals surface area contributed by atoms with Crippen LogP contribution in [0, 0.1) is 11.7 Å². The Morgan fingerprint density at radius 1 is 1.26 bits per heavy atom. The maximum Gasteiger partial charge on any atom is 0.128 e. The van der Waals surface area contributed by atoms with E-state index < -0.39 is 0 Å². The molecule has 1 heterocycles. The Morgan fingerprint density at radius 2 is 2.05 bits per heavy atom. The van der Waals surface area contributed by atoms with Crippen molar-refractivity contribution in [2.24, 2.45) is 5.92 Å². The molecule has 3 heteroatoms. The summed E-state index contributed by atoms with van der Waals surface area (Å²) in [5.41, 5.74) is 2.18. The molecule has 0 N–H and O–H groups in total. The molecule has 0 unspecified atom stereocenters. The summed E-state index contributed by atoms with van der Waals surface area (Å²) in [5, 5.41) is 0. The quantitative estimate of drug-likeness (QED) is 0.808. The van der Waals surface area contributed by atoms with Gasteiger partial charge in [0.15, 0.2) is 0 Å². The smallest absolute Gasteiger partial charge is 0.128 e. The molecular formula is C16H23FN2. The Balaban J connectivity index is 1.84. The van der Waals surface area contributed by atoms with Crippen molar-refractivity contribution >= 4 is 0 Å². The molecule has 1 fully saturated rings. The van der Waals surface area contributed by atoms with E-state index in [1.54, 1.807) is 6.07 Å². The molecule has 2 aliphatic rings. The van der Waals surface area contributed by atoms with Crippen LogP contribution in [0.3, 0.4) is 0 Å². The van der Waals surface area contributed by atoms with Gasteiger partial charge in [0.05, 0.1) is 0 Å². The number of fused-ring (bicyclic) bond motifs is 1. The van der Waals surface area contributed by atoms with Crippen molar-refractivity contribution in [1.82, 2.24) is 9.80 Å². The van der Waals surface area contributed by atoms with Crippen LogP contribution in [0.5, 0.6) is 0 Å². The highest BCUT2D eigenvalue weighted by molar-refractivity contribution is 5.36. The SMILES string of the molecule is C[C@@H]1CN([C@H]2CCc3cccc(F)c32)C[C@H]1N(C)C. The van der Waals surface area contributed by atoms with Gasteiger partial charge in [0.1, 0.15) is 5.82 Å². The maximum atomic E-state index is 14.1. The third-order valence-electron chi connectivity index (χ3n) is 4.87. The van der Waals surface area contributed by atoms with E-state index in [0.717, 1.165) is 31.5 Å². The molecule has 0 amide bonds. The third-order valence-corrected chi connectivity index (χ3v) is 4.87. The van der Waals surface area contributed by atoms with Gasteiger partial charge in [-0.15, -0.1) is 0 Å². The lowest BCUT2D eigenvalue weighted by atomic mass is 10.1. The first-order valence-electron chi connectivity index (χ1n) is 7.25. The van der Waals surface area contributed by atoms with Crippen molar-refractivity contribution < 1.29 is 4.39 Å². The fourth-order valence-corrected chi connectivity index (χ4v) is 3.89. The average molecular weight is 262 g/mol. The predicted octanol–water partition coefficient (Wildman–Crippen LogP) is 2.69. The number of likely N-dealkylation sites (N-methyl/N-ethyl adjacent to an activating group) is 1. The van der Waals surface area contributed by atoms with Crippen molar-refractivity contribution in [3.8, 4) is 0 Å². The number of hydrogen-bond donors (Lipinski definition) is 0. The first kappa shape index (κ1) is 13.1. The van der Waals surface area contributed by atoms with Gasteiger partial charge in [0.2, 0.25) is 0 Å². The molecular weight excluding hydrogens is 239 g/mol. The molecule has 0 aromatic heterocycles. The minimum atomic E-state index is -0.0130. The summed E-state index contributed by atoms with van der Waals surface area (Å²) in [6, 6.07) is 6.42. The van der Waals surface area contributed by atoms with Crippen molar-refractivity contribution in [2.75, 3.05) is 27.2 Å². The zero-order valence-corrected chi connectivity index (χ0v) is 12.1. The monoisotopic (exact) mass is 262 g/mol.